The third-order valence-corrected chi connectivity index (χ3v) is 5.58. The maximum atomic E-state index is 13.8. The van der Waals surface area contributed by atoms with Gasteiger partial charge in [-0.25, -0.2) is 9.18 Å². The second kappa shape index (κ2) is 7.96. The molecule has 2 bridgehead atoms. The number of hydrogen-bond donors (Lipinski definition) is 1. The largest absolute Gasteiger partial charge is 0.336 e. The SMILES string of the molecule is O=C(c1ccncc1)N1CC2CCC(C1)N(C(=O)NCc1ccccc1F)C2. The number of rotatable bonds is 3. The number of carbonyl (C=O) groups is 2. The summed E-state index contributed by atoms with van der Waals surface area (Å²) in [6, 6.07) is 9.64. The molecule has 0 saturated carbocycles. The van der Waals surface area contributed by atoms with E-state index in [9.17, 15) is 14.0 Å². The number of piperidine rings is 1. The summed E-state index contributed by atoms with van der Waals surface area (Å²) in [6.45, 7) is 1.94. The van der Waals surface area contributed by atoms with E-state index in [1.165, 1.54) is 6.07 Å². The Hall–Kier alpha value is -2.96. The van der Waals surface area contributed by atoms with Gasteiger partial charge in [-0.05, 0) is 37.0 Å². The Morgan fingerprint density at radius 3 is 2.64 bits per heavy atom. The molecule has 4 heterocycles. The molecule has 3 saturated heterocycles. The molecule has 7 heteroatoms. The van der Waals surface area contributed by atoms with Crippen molar-refractivity contribution in [2.75, 3.05) is 19.6 Å². The van der Waals surface area contributed by atoms with E-state index in [4.69, 9.17) is 0 Å². The third-order valence-electron chi connectivity index (χ3n) is 5.58. The molecule has 3 aliphatic rings. The van der Waals surface area contributed by atoms with Gasteiger partial charge < -0.3 is 15.1 Å². The van der Waals surface area contributed by atoms with Crippen LogP contribution in [-0.2, 0) is 6.54 Å². The van der Waals surface area contributed by atoms with Gasteiger partial charge in [-0.15, -0.1) is 0 Å². The molecule has 1 aromatic heterocycles. The van der Waals surface area contributed by atoms with Crippen LogP contribution in [0.15, 0.2) is 48.8 Å². The van der Waals surface area contributed by atoms with Crippen LogP contribution in [0.4, 0.5) is 9.18 Å². The van der Waals surface area contributed by atoms with Crippen molar-refractivity contribution in [1.29, 1.82) is 0 Å². The molecule has 0 spiro atoms. The van der Waals surface area contributed by atoms with Crippen LogP contribution in [0.5, 0.6) is 0 Å². The van der Waals surface area contributed by atoms with Gasteiger partial charge >= 0.3 is 6.03 Å². The highest BCUT2D eigenvalue weighted by atomic mass is 19.1. The molecule has 6 nitrogen and oxygen atoms in total. The summed E-state index contributed by atoms with van der Waals surface area (Å²) in [5, 5.41) is 2.83. The van der Waals surface area contributed by atoms with Crippen molar-refractivity contribution < 1.29 is 14.0 Å². The van der Waals surface area contributed by atoms with Gasteiger partial charge in [0.1, 0.15) is 5.82 Å². The van der Waals surface area contributed by atoms with Crippen LogP contribution < -0.4 is 5.32 Å². The smallest absolute Gasteiger partial charge is 0.317 e. The van der Waals surface area contributed by atoms with E-state index < -0.39 is 0 Å². The van der Waals surface area contributed by atoms with Gasteiger partial charge in [-0.1, -0.05) is 18.2 Å². The van der Waals surface area contributed by atoms with Gasteiger partial charge in [-0.2, -0.15) is 0 Å². The van der Waals surface area contributed by atoms with Gasteiger partial charge in [0.2, 0.25) is 0 Å². The molecule has 0 radical (unpaired) electrons. The molecule has 3 aliphatic heterocycles. The zero-order valence-electron chi connectivity index (χ0n) is 15.6. The Kier molecular flexibility index (Phi) is 5.23. The maximum absolute atomic E-state index is 13.8. The highest BCUT2D eigenvalue weighted by Crippen LogP contribution is 2.29. The first kappa shape index (κ1) is 18.4. The molecule has 2 atom stereocenters. The fourth-order valence-corrected chi connectivity index (χ4v) is 4.09. The molecule has 1 aromatic carbocycles. The molecular weight excluding hydrogens is 359 g/mol. The van der Waals surface area contributed by atoms with Crippen molar-refractivity contribution >= 4 is 11.9 Å². The summed E-state index contributed by atoms with van der Waals surface area (Å²) in [6.07, 6.45) is 5.10. The van der Waals surface area contributed by atoms with Crippen LogP contribution in [0.25, 0.3) is 0 Å². The second-order valence-corrected chi connectivity index (χ2v) is 7.45. The zero-order chi connectivity index (χ0) is 19.5. The van der Waals surface area contributed by atoms with Gasteiger partial charge in [0.25, 0.3) is 5.91 Å². The molecule has 3 amide bonds. The van der Waals surface area contributed by atoms with Crippen LogP contribution in [0, 0.1) is 11.7 Å². The fourth-order valence-electron chi connectivity index (χ4n) is 4.09. The van der Waals surface area contributed by atoms with Crippen molar-refractivity contribution in [3.8, 4) is 0 Å². The topological polar surface area (TPSA) is 65.5 Å². The van der Waals surface area contributed by atoms with Gasteiger partial charge in [0.05, 0.1) is 6.04 Å². The van der Waals surface area contributed by atoms with Crippen LogP contribution in [0.3, 0.4) is 0 Å². The molecule has 146 valence electrons. The monoisotopic (exact) mass is 382 g/mol. The Balaban J connectivity index is 1.42. The molecule has 28 heavy (non-hydrogen) atoms. The van der Waals surface area contributed by atoms with Crippen LogP contribution in [0.2, 0.25) is 0 Å². The summed E-state index contributed by atoms with van der Waals surface area (Å²) >= 11 is 0. The number of carbonyl (C=O) groups excluding carboxylic acids is 2. The number of nitrogens with zero attached hydrogens (tertiary/aromatic N) is 3. The van der Waals surface area contributed by atoms with Crippen molar-refractivity contribution in [2.24, 2.45) is 5.92 Å². The molecule has 2 unspecified atom stereocenters. The van der Waals surface area contributed by atoms with Crippen molar-refractivity contribution in [2.45, 2.75) is 25.4 Å². The fraction of sp³-hybridized carbons (Fsp3) is 0.381. The average Bonchev–Trinajstić information content (AvgIpc) is 3.05. The Morgan fingerprint density at radius 2 is 1.86 bits per heavy atom. The summed E-state index contributed by atoms with van der Waals surface area (Å²) in [5.41, 5.74) is 1.08. The highest BCUT2D eigenvalue weighted by molar-refractivity contribution is 5.94. The Morgan fingerprint density at radius 1 is 1.07 bits per heavy atom. The predicted molar refractivity (Wildman–Crippen MR) is 102 cm³/mol. The lowest BCUT2D eigenvalue weighted by atomic mass is 9.95. The summed E-state index contributed by atoms with van der Waals surface area (Å²) < 4.78 is 13.8. The van der Waals surface area contributed by atoms with Crippen molar-refractivity contribution in [1.82, 2.24) is 20.1 Å². The molecule has 3 fully saturated rings. The standard InChI is InChI=1S/C21H23FN4O2/c22-19-4-2-1-3-17(19)11-24-21(28)26-13-15-5-6-18(26)14-25(12-15)20(27)16-7-9-23-10-8-16/h1-4,7-10,15,18H,5-6,11-14H2,(H,24,28). The molecule has 2 aromatic rings. The lowest BCUT2D eigenvalue weighted by Gasteiger charge is -2.36. The lowest BCUT2D eigenvalue weighted by molar-refractivity contribution is 0.0741. The van der Waals surface area contributed by atoms with Crippen LogP contribution in [0.1, 0.15) is 28.8 Å². The predicted octanol–water partition coefficient (Wildman–Crippen LogP) is 2.67. The zero-order valence-corrected chi connectivity index (χ0v) is 15.6. The first-order valence-corrected chi connectivity index (χ1v) is 9.59. The summed E-state index contributed by atoms with van der Waals surface area (Å²) in [7, 11) is 0. The van der Waals surface area contributed by atoms with Gasteiger partial charge in [-0.3, -0.25) is 9.78 Å². The summed E-state index contributed by atoms with van der Waals surface area (Å²) in [5.74, 6) is -0.0917. The minimum Gasteiger partial charge on any atom is -0.336 e. The minimum absolute atomic E-state index is 0.0204. The third kappa shape index (κ3) is 3.83. The maximum Gasteiger partial charge on any atom is 0.317 e. The molecule has 5 rings (SSSR count). The van der Waals surface area contributed by atoms with E-state index in [2.05, 4.69) is 10.3 Å². The number of amides is 3. The van der Waals surface area contributed by atoms with Gasteiger partial charge in [0.15, 0.2) is 0 Å². The number of benzene rings is 1. The summed E-state index contributed by atoms with van der Waals surface area (Å²) in [4.78, 5) is 33.2. The van der Waals surface area contributed by atoms with Crippen molar-refractivity contribution in [3.63, 3.8) is 0 Å². The Bertz CT molecular complexity index is 860. The van der Waals surface area contributed by atoms with Crippen LogP contribution >= 0.6 is 0 Å². The lowest BCUT2D eigenvalue weighted by Crippen LogP contribution is -2.51. The Labute approximate surface area is 163 Å². The first-order valence-electron chi connectivity index (χ1n) is 9.59. The number of fused-ring (bicyclic) bond motifs is 4. The van der Waals surface area contributed by atoms with E-state index in [0.717, 1.165) is 12.8 Å². The normalized spacial score (nSPS) is 21.3. The molecule has 0 aliphatic carbocycles. The quantitative estimate of drug-likeness (QED) is 0.888. The van der Waals surface area contributed by atoms with E-state index in [-0.39, 0.29) is 36.3 Å². The molecule has 1 N–H and O–H groups in total. The number of urea groups is 1. The van der Waals surface area contributed by atoms with E-state index >= 15 is 0 Å². The van der Waals surface area contributed by atoms with E-state index in [1.54, 1.807) is 42.7 Å². The number of hydrogen-bond acceptors (Lipinski definition) is 3. The van der Waals surface area contributed by atoms with E-state index in [0.29, 0.717) is 30.8 Å². The number of nitrogens with one attached hydrogen (secondary N) is 1. The second-order valence-electron chi connectivity index (χ2n) is 7.45. The highest BCUT2D eigenvalue weighted by Gasteiger charge is 2.38. The van der Waals surface area contributed by atoms with Crippen LogP contribution in [-0.4, -0.2) is 52.4 Å². The first-order chi connectivity index (χ1) is 13.6. The number of pyridine rings is 1. The average molecular weight is 382 g/mol. The minimum atomic E-state index is -0.325. The number of halogens is 1. The van der Waals surface area contributed by atoms with Gasteiger partial charge in [0, 0.05) is 49.7 Å². The molecular formula is C21H23FN4O2. The number of aromatic nitrogens is 1. The van der Waals surface area contributed by atoms with E-state index in [1.807, 2.05) is 9.80 Å². The van der Waals surface area contributed by atoms with Crippen molar-refractivity contribution in [3.05, 3.63) is 65.7 Å².